The van der Waals surface area contributed by atoms with Gasteiger partial charge in [-0.1, -0.05) is 50.2 Å². The van der Waals surface area contributed by atoms with E-state index in [1.165, 1.54) is 11.3 Å². The highest BCUT2D eigenvalue weighted by Gasteiger charge is 2.27. The van der Waals surface area contributed by atoms with Crippen molar-refractivity contribution >= 4 is 46.7 Å². The van der Waals surface area contributed by atoms with Crippen LogP contribution >= 0.6 is 12.4 Å². The number of para-hydroxylation sites is 2. The molecule has 2 aromatic heterocycles. The lowest BCUT2D eigenvalue weighted by molar-refractivity contribution is 0.311. The SMILES string of the molecule is CCN(CC)CCN1c2ccccc2Cn2c1nc1c(Nc3ccccc3)ncnc12.Cl. The third kappa shape index (κ3) is 4.01. The van der Waals surface area contributed by atoms with Gasteiger partial charge >= 0.3 is 0 Å². The molecule has 0 bridgehead atoms. The molecule has 0 fully saturated rings. The molecule has 4 aromatic rings. The van der Waals surface area contributed by atoms with E-state index in [1.54, 1.807) is 6.33 Å². The summed E-state index contributed by atoms with van der Waals surface area (Å²) in [4.78, 5) is 18.9. The number of halogens is 1. The number of hydrogen-bond donors (Lipinski definition) is 1. The number of rotatable bonds is 7. The van der Waals surface area contributed by atoms with Crippen molar-refractivity contribution < 1.29 is 0 Å². The van der Waals surface area contributed by atoms with Crippen molar-refractivity contribution in [3.63, 3.8) is 0 Å². The van der Waals surface area contributed by atoms with Crippen LogP contribution in [0.15, 0.2) is 60.9 Å². The molecule has 32 heavy (non-hydrogen) atoms. The summed E-state index contributed by atoms with van der Waals surface area (Å²) in [5, 5.41) is 3.41. The topological polar surface area (TPSA) is 62.1 Å². The van der Waals surface area contributed by atoms with E-state index in [1.807, 2.05) is 30.3 Å². The first kappa shape index (κ1) is 22.0. The van der Waals surface area contributed by atoms with Gasteiger partial charge in [0.1, 0.15) is 6.33 Å². The molecule has 0 saturated carbocycles. The molecule has 0 radical (unpaired) electrons. The Hall–Kier alpha value is -3.16. The summed E-state index contributed by atoms with van der Waals surface area (Å²) in [6.07, 6.45) is 1.61. The van der Waals surface area contributed by atoms with Crippen LogP contribution in [-0.2, 0) is 6.54 Å². The summed E-state index contributed by atoms with van der Waals surface area (Å²) in [5.41, 5.74) is 5.14. The average Bonchev–Trinajstić information content (AvgIpc) is 3.19. The first-order valence-corrected chi connectivity index (χ1v) is 10.9. The molecule has 8 heteroatoms. The molecule has 0 atom stereocenters. The van der Waals surface area contributed by atoms with Gasteiger partial charge in [-0.15, -0.1) is 12.4 Å². The van der Waals surface area contributed by atoms with Gasteiger partial charge in [-0.3, -0.25) is 4.57 Å². The zero-order chi connectivity index (χ0) is 21.2. The van der Waals surface area contributed by atoms with Crippen LogP contribution in [0.25, 0.3) is 11.2 Å². The van der Waals surface area contributed by atoms with Crippen LogP contribution in [0.4, 0.5) is 23.1 Å². The van der Waals surface area contributed by atoms with Crippen molar-refractivity contribution in [2.24, 2.45) is 0 Å². The highest BCUT2D eigenvalue weighted by atomic mass is 35.5. The zero-order valence-corrected chi connectivity index (χ0v) is 19.2. The lowest BCUT2D eigenvalue weighted by atomic mass is 10.1. The van der Waals surface area contributed by atoms with E-state index in [0.29, 0.717) is 0 Å². The van der Waals surface area contributed by atoms with Gasteiger partial charge in [0.05, 0.1) is 6.54 Å². The van der Waals surface area contributed by atoms with Gasteiger partial charge in [0.2, 0.25) is 5.95 Å². The molecule has 0 spiro atoms. The second-order valence-corrected chi connectivity index (χ2v) is 7.69. The lowest BCUT2D eigenvalue weighted by Gasteiger charge is -2.32. The Morgan fingerprint density at radius 3 is 2.50 bits per heavy atom. The highest BCUT2D eigenvalue weighted by Crippen LogP contribution is 2.37. The second-order valence-electron chi connectivity index (χ2n) is 7.69. The Balaban J connectivity index is 0.00000245. The van der Waals surface area contributed by atoms with E-state index in [9.17, 15) is 0 Å². The number of anilines is 4. The molecular formula is C24H28ClN7. The Bertz CT molecular complexity index is 1190. The number of fused-ring (bicyclic) bond motifs is 4. The van der Waals surface area contributed by atoms with E-state index < -0.39 is 0 Å². The van der Waals surface area contributed by atoms with E-state index >= 15 is 0 Å². The molecule has 3 heterocycles. The summed E-state index contributed by atoms with van der Waals surface area (Å²) < 4.78 is 2.21. The Morgan fingerprint density at radius 2 is 1.72 bits per heavy atom. The number of imidazole rings is 1. The summed E-state index contributed by atoms with van der Waals surface area (Å²) >= 11 is 0. The molecule has 5 rings (SSSR count). The maximum atomic E-state index is 5.04. The first-order chi connectivity index (χ1) is 15.3. The third-order valence-electron chi connectivity index (χ3n) is 5.93. The Morgan fingerprint density at radius 1 is 0.969 bits per heavy atom. The smallest absolute Gasteiger partial charge is 0.212 e. The first-order valence-electron chi connectivity index (χ1n) is 10.9. The fraction of sp³-hybridized carbons (Fsp3) is 0.292. The van der Waals surface area contributed by atoms with Crippen LogP contribution < -0.4 is 10.2 Å². The fourth-order valence-corrected chi connectivity index (χ4v) is 4.21. The van der Waals surface area contributed by atoms with Crippen molar-refractivity contribution in [1.82, 2.24) is 24.4 Å². The van der Waals surface area contributed by atoms with Gasteiger partial charge in [-0.05, 0) is 36.9 Å². The van der Waals surface area contributed by atoms with Crippen LogP contribution in [0, 0.1) is 0 Å². The van der Waals surface area contributed by atoms with Crippen molar-refractivity contribution in [3.05, 3.63) is 66.5 Å². The monoisotopic (exact) mass is 449 g/mol. The minimum atomic E-state index is 0. The minimum absolute atomic E-state index is 0. The average molecular weight is 450 g/mol. The summed E-state index contributed by atoms with van der Waals surface area (Å²) in [7, 11) is 0. The number of likely N-dealkylation sites (N-methyl/N-ethyl adjacent to an activating group) is 1. The maximum absolute atomic E-state index is 5.04. The summed E-state index contributed by atoms with van der Waals surface area (Å²) in [5.74, 6) is 1.66. The van der Waals surface area contributed by atoms with Crippen molar-refractivity contribution in [3.8, 4) is 0 Å². The quantitative estimate of drug-likeness (QED) is 0.436. The van der Waals surface area contributed by atoms with Crippen LogP contribution in [0.5, 0.6) is 0 Å². The van der Waals surface area contributed by atoms with Gasteiger partial charge in [0.25, 0.3) is 0 Å². The van der Waals surface area contributed by atoms with E-state index in [-0.39, 0.29) is 12.4 Å². The number of nitrogens with zero attached hydrogens (tertiary/aromatic N) is 6. The normalized spacial score (nSPS) is 12.4. The van der Waals surface area contributed by atoms with E-state index in [4.69, 9.17) is 4.98 Å². The molecule has 0 unspecified atom stereocenters. The molecule has 1 aliphatic heterocycles. The summed E-state index contributed by atoms with van der Waals surface area (Å²) in [6, 6.07) is 18.6. The van der Waals surface area contributed by atoms with Crippen LogP contribution in [0.1, 0.15) is 19.4 Å². The Labute approximate surface area is 194 Å². The lowest BCUT2D eigenvalue weighted by Crippen LogP contribution is -2.36. The second kappa shape index (κ2) is 9.54. The highest BCUT2D eigenvalue weighted by molar-refractivity contribution is 5.89. The van der Waals surface area contributed by atoms with Crippen LogP contribution in [-0.4, -0.2) is 50.6 Å². The molecule has 7 nitrogen and oxygen atoms in total. The fourth-order valence-electron chi connectivity index (χ4n) is 4.21. The minimum Gasteiger partial charge on any atom is -0.338 e. The molecule has 0 saturated heterocycles. The van der Waals surface area contributed by atoms with Crippen molar-refractivity contribution in [2.75, 3.05) is 36.4 Å². The molecule has 0 amide bonds. The maximum Gasteiger partial charge on any atom is 0.212 e. The molecule has 1 N–H and O–H groups in total. The number of benzene rings is 2. The largest absolute Gasteiger partial charge is 0.338 e. The van der Waals surface area contributed by atoms with Crippen molar-refractivity contribution in [2.45, 2.75) is 20.4 Å². The van der Waals surface area contributed by atoms with Gasteiger partial charge in [-0.25, -0.2) is 15.0 Å². The molecule has 1 aliphatic rings. The van der Waals surface area contributed by atoms with Gasteiger partial charge < -0.3 is 15.1 Å². The van der Waals surface area contributed by atoms with Gasteiger partial charge in [-0.2, -0.15) is 0 Å². The van der Waals surface area contributed by atoms with Crippen LogP contribution in [0.3, 0.4) is 0 Å². The van der Waals surface area contributed by atoms with Crippen LogP contribution in [0.2, 0.25) is 0 Å². The third-order valence-corrected chi connectivity index (χ3v) is 5.93. The molecule has 166 valence electrons. The standard InChI is InChI=1S/C24H27N7.ClH/c1-3-29(4-2)14-15-30-20-13-9-8-10-18(20)16-31-23-21(28-24(30)31)22(25-17-26-23)27-19-11-6-5-7-12-19;/h5-13,17H,3-4,14-16H2,1-2H3,(H,25,26,27);1H. The Kier molecular flexibility index (Phi) is 6.58. The summed E-state index contributed by atoms with van der Waals surface area (Å²) in [6.45, 7) is 9.10. The van der Waals surface area contributed by atoms with E-state index in [2.05, 4.69) is 67.8 Å². The molecule has 2 aromatic carbocycles. The zero-order valence-electron chi connectivity index (χ0n) is 18.4. The number of aromatic nitrogens is 4. The van der Waals surface area contributed by atoms with Gasteiger partial charge in [0, 0.05) is 24.5 Å². The van der Waals surface area contributed by atoms with Crippen molar-refractivity contribution in [1.29, 1.82) is 0 Å². The number of nitrogens with one attached hydrogen (secondary N) is 1. The molecular weight excluding hydrogens is 422 g/mol. The molecule has 0 aliphatic carbocycles. The number of hydrogen-bond acceptors (Lipinski definition) is 6. The van der Waals surface area contributed by atoms with Gasteiger partial charge in [0.15, 0.2) is 17.0 Å². The predicted octanol–water partition coefficient (Wildman–Crippen LogP) is 4.83. The predicted molar refractivity (Wildman–Crippen MR) is 133 cm³/mol. The van der Waals surface area contributed by atoms with E-state index in [0.717, 1.165) is 61.3 Å².